The molecule has 10 heteroatoms. The third-order valence-corrected chi connectivity index (χ3v) is 6.45. The van der Waals surface area contributed by atoms with Crippen molar-refractivity contribution in [2.24, 2.45) is 5.92 Å². The van der Waals surface area contributed by atoms with E-state index >= 15 is 0 Å². The third kappa shape index (κ3) is 3.88. The first-order valence-electron chi connectivity index (χ1n) is 11.0. The molecule has 0 aliphatic carbocycles. The molecule has 1 aromatic carbocycles. The van der Waals surface area contributed by atoms with E-state index in [4.69, 9.17) is 5.73 Å². The van der Waals surface area contributed by atoms with E-state index in [1.54, 1.807) is 4.90 Å². The van der Waals surface area contributed by atoms with Crippen molar-refractivity contribution in [1.82, 2.24) is 20.1 Å². The van der Waals surface area contributed by atoms with E-state index in [2.05, 4.69) is 32.7 Å². The molecule has 2 aromatic heterocycles. The van der Waals surface area contributed by atoms with Crippen LogP contribution in [0, 0.1) is 5.92 Å². The summed E-state index contributed by atoms with van der Waals surface area (Å²) in [5.74, 6) is -0.744. The van der Waals surface area contributed by atoms with Gasteiger partial charge in [-0.2, -0.15) is 5.10 Å². The van der Waals surface area contributed by atoms with Crippen molar-refractivity contribution >= 4 is 45.8 Å². The molecular weight excluding hydrogens is 422 g/mol. The van der Waals surface area contributed by atoms with Crippen LogP contribution in [0.5, 0.6) is 0 Å². The van der Waals surface area contributed by atoms with Gasteiger partial charge in [0, 0.05) is 18.7 Å². The zero-order valence-electron chi connectivity index (χ0n) is 18.2. The van der Waals surface area contributed by atoms with E-state index in [9.17, 15) is 14.4 Å². The number of nitrogens with one attached hydrogen (secondary N) is 3. The SMILES string of the molecule is C[C@H]1CC[C@H](c2ccc3c(c2)CCC(=O)N3)N(C(=O)C(=O)Nc2cnc(N)c3cn[nH]c23)C1. The molecule has 4 heterocycles. The lowest BCUT2D eigenvalue weighted by Gasteiger charge is -2.39. The second-order valence-electron chi connectivity index (χ2n) is 8.79. The molecule has 0 spiro atoms. The van der Waals surface area contributed by atoms with Gasteiger partial charge in [0.1, 0.15) is 5.82 Å². The molecule has 0 saturated carbocycles. The first-order valence-corrected chi connectivity index (χ1v) is 11.0. The van der Waals surface area contributed by atoms with Gasteiger partial charge in [-0.25, -0.2) is 4.98 Å². The predicted molar refractivity (Wildman–Crippen MR) is 123 cm³/mol. The maximum absolute atomic E-state index is 13.3. The van der Waals surface area contributed by atoms with Gasteiger partial charge in [0.05, 0.1) is 35.0 Å². The molecule has 3 amide bonds. The number of carbonyl (C=O) groups excluding carboxylic acids is 3. The lowest BCUT2D eigenvalue weighted by molar-refractivity contribution is -0.146. The third-order valence-electron chi connectivity index (χ3n) is 6.45. The van der Waals surface area contributed by atoms with Crippen molar-refractivity contribution < 1.29 is 14.4 Å². The number of hydrogen-bond acceptors (Lipinski definition) is 6. The molecule has 10 nitrogen and oxygen atoms in total. The van der Waals surface area contributed by atoms with Crippen LogP contribution in [0.4, 0.5) is 17.2 Å². The van der Waals surface area contributed by atoms with Gasteiger partial charge in [0.2, 0.25) is 5.91 Å². The Hall–Kier alpha value is -3.95. The summed E-state index contributed by atoms with van der Waals surface area (Å²) in [4.78, 5) is 43.7. The topological polar surface area (TPSA) is 146 Å². The number of pyridine rings is 1. The van der Waals surface area contributed by atoms with E-state index in [0.717, 1.165) is 29.7 Å². The zero-order chi connectivity index (χ0) is 23.1. The van der Waals surface area contributed by atoms with E-state index in [0.29, 0.717) is 36.0 Å². The summed E-state index contributed by atoms with van der Waals surface area (Å²) in [5, 5.41) is 12.9. The summed E-state index contributed by atoms with van der Waals surface area (Å²) in [5.41, 5.74) is 9.56. The molecule has 2 atom stereocenters. The van der Waals surface area contributed by atoms with Crippen molar-refractivity contribution in [3.8, 4) is 0 Å². The Bertz CT molecular complexity index is 1270. The molecule has 2 aliphatic heterocycles. The molecule has 5 rings (SSSR count). The van der Waals surface area contributed by atoms with E-state index < -0.39 is 11.8 Å². The number of nitrogens with two attached hydrogens (primary N) is 1. The van der Waals surface area contributed by atoms with Crippen LogP contribution in [0.1, 0.15) is 43.4 Å². The highest BCUT2D eigenvalue weighted by Crippen LogP contribution is 2.36. The van der Waals surface area contributed by atoms with Gasteiger partial charge in [-0.15, -0.1) is 0 Å². The number of nitrogen functional groups attached to an aromatic ring is 1. The van der Waals surface area contributed by atoms with Gasteiger partial charge in [-0.3, -0.25) is 19.5 Å². The predicted octanol–water partition coefficient (Wildman–Crippen LogP) is 2.36. The van der Waals surface area contributed by atoms with E-state index in [1.165, 1.54) is 12.4 Å². The lowest BCUT2D eigenvalue weighted by Crippen LogP contribution is -2.46. The van der Waals surface area contributed by atoms with Crippen LogP contribution in [0.15, 0.2) is 30.6 Å². The molecule has 170 valence electrons. The molecule has 5 N–H and O–H groups in total. The molecule has 0 radical (unpaired) electrons. The number of amides is 3. The molecule has 0 unspecified atom stereocenters. The molecule has 1 fully saturated rings. The van der Waals surface area contributed by atoms with Crippen LogP contribution in [0.2, 0.25) is 0 Å². The summed E-state index contributed by atoms with van der Waals surface area (Å²) in [6.07, 6.45) is 5.77. The maximum atomic E-state index is 13.3. The van der Waals surface area contributed by atoms with Crippen LogP contribution >= 0.6 is 0 Å². The average Bonchev–Trinajstić information content (AvgIpc) is 3.31. The summed E-state index contributed by atoms with van der Waals surface area (Å²) in [7, 11) is 0. The van der Waals surface area contributed by atoms with Crippen LogP contribution in [-0.2, 0) is 20.8 Å². The number of aryl methyl sites for hydroxylation is 1. The quantitative estimate of drug-likeness (QED) is 0.444. The van der Waals surface area contributed by atoms with Crippen LogP contribution in [-0.4, -0.2) is 44.3 Å². The number of anilines is 3. The van der Waals surface area contributed by atoms with Crippen LogP contribution in [0.25, 0.3) is 10.9 Å². The van der Waals surface area contributed by atoms with Crippen LogP contribution in [0.3, 0.4) is 0 Å². The summed E-state index contributed by atoms with van der Waals surface area (Å²) < 4.78 is 0. The van der Waals surface area contributed by atoms with Gasteiger partial charge in [-0.05, 0) is 42.4 Å². The fraction of sp³-hybridized carbons (Fsp3) is 0.348. The number of hydrogen-bond donors (Lipinski definition) is 4. The van der Waals surface area contributed by atoms with E-state index in [1.807, 2.05) is 18.2 Å². The van der Waals surface area contributed by atoms with Crippen molar-refractivity contribution in [1.29, 1.82) is 0 Å². The minimum atomic E-state index is -0.734. The highest BCUT2D eigenvalue weighted by molar-refractivity contribution is 6.40. The van der Waals surface area contributed by atoms with Crippen molar-refractivity contribution in [2.75, 3.05) is 22.9 Å². The van der Waals surface area contributed by atoms with Gasteiger partial charge >= 0.3 is 11.8 Å². The Labute approximate surface area is 189 Å². The number of piperidine rings is 1. The largest absolute Gasteiger partial charge is 0.383 e. The normalized spacial score (nSPS) is 20.3. The number of nitrogens with zero attached hydrogens (tertiary/aromatic N) is 3. The summed E-state index contributed by atoms with van der Waals surface area (Å²) in [6.45, 7) is 2.57. The van der Waals surface area contributed by atoms with Gasteiger partial charge in [0.15, 0.2) is 0 Å². The number of likely N-dealkylation sites (tertiary alicyclic amines) is 1. The summed E-state index contributed by atoms with van der Waals surface area (Å²) >= 11 is 0. The molecule has 2 aliphatic rings. The second kappa shape index (κ2) is 8.19. The Morgan fingerprint density at radius 3 is 2.91 bits per heavy atom. The smallest absolute Gasteiger partial charge is 0.314 e. The Morgan fingerprint density at radius 2 is 2.06 bits per heavy atom. The number of fused-ring (bicyclic) bond motifs is 2. The fourth-order valence-corrected chi connectivity index (χ4v) is 4.69. The Balaban J connectivity index is 1.40. The minimum Gasteiger partial charge on any atom is -0.383 e. The number of aromatic nitrogens is 3. The Morgan fingerprint density at radius 1 is 1.21 bits per heavy atom. The van der Waals surface area contributed by atoms with Crippen molar-refractivity contribution in [3.05, 3.63) is 41.7 Å². The van der Waals surface area contributed by atoms with Crippen molar-refractivity contribution in [2.45, 2.75) is 38.6 Å². The first kappa shape index (κ1) is 20.9. The Kier molecular flexibility index (Phi) is 5.20. The minimum absolute atomic E-state index is 0.0127. The molecule has 33 heavy (non-hydrogen) atoms. The number of benzene rings is 1. The first-order chi connectivity index (χ1) is 15.9. The lowest BCUT2D eigenvalue weighted by atomic mass is 9.88. The van der Waals surface area contributed by atoms with Crippen molar-refractivity contribution in [3.63, 3.8) is 0 Å². The van der Waals surface area contributed by atoms with Gasteiger partial charge in [0.25, 0.3) is 0 Å². The number of rotatable bonds is 2. The summed E-state index contributed by atoms with van der Waals surface area (Å²) in [6, 6.07) is 5.66. The monoisotopic (exact) mass is 447 g/mol. The van der Waals surface area contributed by atoms with Crippen LogP contribution < -0.4 is 16.4 Å². The fourth-order valence-electron chi connectivity index (χ4n) is 4.69. The highest BCUT2D eigenvalue weighted by Gasteiger charge is 2.35. The number of H-pyrrole nitrogens is 1. The number of aromatic amines is 1. The number of carbonyl (C=O) groups is 3. The average molecular weight is 447 g/mol. The zero-order valence-corrected chi connectivity index (χ0v) is 18.2. The molecule has 1 saturated heterocycles. The molecule has 0 bridgehead atoms. The van der Waals surface area contributed by atoms with E-state index in [-0.39, 0.29) is 23.7 Å². The standard InChI is InChI=1S/C23H25N7O3/c1-12-2-6-18(14-3-5-16-13(8-14)4-7-19(31)27-16)30(11-12)23(33)22(32)28-17-10-25-21(24)15-9-26-29-20(15)17/h3,5,8-10,12,18H,2,4,6-7,11H2,1H3,(H2,24,25)(H,26,29)(H,27,31)(H,28,32)/t12-,18+/m0/s1. The highest BCUT2D eigenvalue weighted by atomic mass is 16.2. The molecule has 3 aromatic rings. The van der Waals surface area contributed by atoms with Gasteiger partial charge in [-0.1, -0.05) is 19.1 Å². The molecular formula is C23H25N7O3. The van der Waals surface area contributed by atoms with Gasteiger partial charge < -0.3 is 21.3 Å². The maximum Gasteiger partial charge on any atom is 0.314 e. The second-order valence-corrected chi connectivity index (χ2v) is 8.79.